The molecular formula is C16H17N3O4S. The van der Waals surface area contributed by atoms with Crippen molar-refractivity contribution >= 4 is 15.7 Å². The summed E-state index contributed by atoms with van der Waals surface area (Å²) in [5, 5.41) is 15.0. The van der Waals surface area contributed by atoms with Crippen LogP contribution in [-0.2, 0) is 16.4 Å². The molecular weight excluding hydrogens is 330 g/mol. The molecule has 1 aromatic heterocycles. The van der Waals surface area contributed by atoms with E-state index in [0.717, 1.165) is 21.0 Å². The zero-order chi connectivity index (χ0) is 17.4. The molecule has 0 N–H and O–H groups in total. The number of fused-ring (bicyclic) bond motifs is 3. The highest BCUT2D eigenvalue weighted by Crippen LogP contribution is 2.70. The zero-order valence-electron chi connectivity index (χ0n) is 13.6. The molecule has 0 saturated heterocycles. The van der Waals surface area contributed by atoms with Crippen LogP contribution in [0.25, 0.3) is 0 Å². The molecule has 0 aliphatic heterocycles. The van der Waals surface area contributed by atoms with Gasteiger partial charge in [-0.3, -0.25) is 10.1 Å². The van der Waals surface area contributed by atoms with E-state index in [1.807, 2.05) is 6.92 Å². The van der Waals surface area contributed by atoms with E-state index in [-0.39, 0.29) is 16.0 Å². The first kappa shape index (κ1) is 15.3. The van der Waals surface area contributed by atoms with E-state index in [2.05, 4.69) is 18.9 Å². The van der Waals surface area contributed by atoms with E-state index in [1.165, 1.54) is 24.3 Å². The fourth-order valence-corrected chi connectivity index (χ4v) is 5.47. The van der Waals surface area contributed by atoms with Gasteiger partial charge in [-0.25, -0.2) is 0 Å². The van der Waals surface area contributed by atoms with Crippen LogP contribution < -0.4 is 0 Å². The monoisotopic (exact) mass is 347 g/mol. The van der Waals surface area contributed by atoms with Crippen molar-refractivity contribution in [2.75, 3.05) is 0 Å². The van der Waals surface area contributed by atoms with Gasteiger partial charge in [0.25, 0.3) is 15.7 Å². The van der Waals surface area contributed by atoms with E-state index in [0.29, 0.717) is 18.3 Å². The molecule has 8 heteroatoms. The molecule has 2 aliphatic carbocycles. The Labute approximate surface area is 139 Å². The highest BCUT2D eigenvalue weighted by Gasteiger charge is 2.64. The van der Waals surface area contributed by atoms with Gasteiger partial charge < -0.3 is 0 Å². The first-order valence-electron chi connectivity index (χ1n) is 7.74. The Morgan fingerprint density at radius 1 is 1.29 bits per heavy atom. The summed E-state index contributed by atoms with van der Waals surface area (Å²) < 4.78 is 26.9. The van der Waals surface area contributed by atoms with Crippen LogP contribution in [0.2, 0.25) is 0 Å². The molecule has 2 aromatic rings. The van der Waals surface area contributed by atoms with Gasteiger partial charge in [0.05, 0.1) is 21.2 Å². The molecule has 4 rings (SSSR count). The van der Waals surface area contributed by atoms with E-state index in [4.69, 9.17) is 0 Å². The number of hydrogen-bond acceptors (Lipinski definition) is 5. The third-order valence-electron chi connectivity index (χ3n) is 5.52. The number of nitro groups is 1. The third kappa shape index (κ3) is 1.83. The van der Waals surface area contributed by atoms with Gasteiger partial charge >= 0.3 is 0 Å². The number of nitrogens with zero attached hydrogens (tertiary/aromatic N) is 3. The summed E-state index contributed by atoms with van der Waals surface area (Å²) in [6.07, 6.45) is 0.708. The molecule has 126 valence electrons. The number of nitro benzene ring substituents is 1. The maximum absolute atomic E-state index is 12.9. The SMILES string of the molecule is Cc1nn(S(=O)(=O)c2ccc([N+](=O)[O-])cc2)c2c1[C@H]1[C@@H](C2)C1(C)C. The van der Waals surface area contributed by atoms with Crippen molar-refractivity contribution in [2.24, 2.45) is 11.3 Å². The fraction of sp³-hybridized carbons (Fsp3) is 0.438. The lowest BCUT2D eigenvalue weighted by Gasteiger charge is -2.11. The number of rotatable bonds is 3. The van der Waals surface area contributed by atoms with Crippen LogP contribution in [0.1, 0.15) is 36.7 Å². The summed E-state index contributed by atoms with van der Waals surface area (Å²) in [4.78, 5) is 10.2. The Kier molecular flexibility index (Phi) is 2.83. The van der Waals surface area contributed by atoms with Crippen LogP contribution in [0.15, 0.2) is 29.2 Å². The molecule has 7 nitrogen and oxygen atoms in total. The molecule has 2 atom stereocenters. The molecule has 0 spiro atoms. The molecule has 1 heterocycles. The van der Waals surface area contributed by atoms with Crippen molar-refractivity contribution in [1.82, 2.24) is 9.19 Å². The smallest absolute Gasteiger partial charge is 0.258 e. The first-order chi connectivity index (χ1) is 11.2. The van der Waals surface area contributed by atoms with Gasteiger partial charge in [-0.2, -0.15) is 17.6 Å². The summed E-state index contributed by atoms with van der Waals surface area (Å²) in [5.41, 5.74) is 2.66. The summed E-state index contributed by atoms with van der Waals surface area (Å²) in [6, 6.07) is 4.92. The van der Waals surface area contributed by atoms with Crippen LogP contribution in [0, 0.1) is 28.4 Å². The molecule has 1 aromatic carbocycles. The molecule has 1 saturated carbocycles. The Morgan fingerprint density at radius 2 is 1.92 bits per heavy atom. The second-order valence-electron chi connectivity index (χ2n) is 7.15. The van der Waals surface area contributed by atoms with Crippen molar-refractivity contribution in [3.8, 4) is 0 Å². The predicted octanol–water partition coefficient (Wildman–Crippen LogP) is 2.63. The van der Waals surface area contributed by atoms with Gasteiger partial charge in [-0.1, -0.05) is 13.8 Å². The van der Waals surface area contributed by atoms with Crippen LogP contribution in [0.3, 0.4) is 0 Å². The normalized spacial score (nSPS) is 23.6. The standard InChI is InChI=1S/C16H17N3O4S/c1-9-14-13(8-12-15(14)16(12,2)3)18(17-9)24(22,23)11-6-4-10(5-7-11)19(20)21/h4-7,12,15H,8H2,1-3H3/t12-,15-/m1/s1. The van der Waals surface area contributed by atoms with Gasteiger partial charge in [0.15, 0.2) is 0 Å². The lowest BCUT2D eigenvalue weighted by Crippen LogP contribution is -2.18. The van der Waals surface area contributed by atoms with Gasteiger partial charge in [0.1, 0.15) is 0 Å². The minimum Gasteiger partial charge on any atom is -0.258 e. The Bertz CT molecular complexity index is 973. The molecule has 2 aliphatic rings. The number of benzene rings is 1. The van der Waals surface area contributed by atoms with Crippen molar-refractivity contribution in [1.29, 1.82) is 0 Å². The number of aryl methyl sites for hydroxylation is 1. The van der Waals surface area contributed by atoms with Gasteiger partial charge in [-0.05, 0) is 42.7 Å². The summed E-state index contributed by atoms with van der Waals surface area (Å²) >= 11 is 0. The quantitative estimate of drug-likeness (QED) is 0.628. The lowest BCUT2D eigenvalue weighted by molar-refractivity contribution is -0.384. The summed E-state index contributed by atoms with van der Waals surface area (Å²) in [5.74, 6) is 0.857. The van der Waals surface area contributed by atoms with Gasteiger partial charge in [0, 0.05) is 17.7 Å². The molecule has 0 amide bonds. The minimum absolute atomic E-state index is 0.0123. The maximum Gasteiger partial charge on any atom is 0.283 e. The average molecular weight is 347 g/mol. The average Bonchev–Trinajstić information content (AvgIpc) is 2.85. The number of non-ortho nitro benzene ring substituents is 1. The number of hydrogen-bond donors (Lipinski definition) is 0. The first-order valence-corrected chi connectivity index (χ1v) is 9.18. The highest BCUT2D eigenvalue weighted by atomic mass is 32.2. The van der Waals surface area contributed by atoms with E-state index in [1.54, 1.807) is 0 Å². The zero-order valence-corrected chi connectivity index (χ0v) is 14.4. The largest absolute Gasteiger partial charge is 0.283 e. The Balaban J connectivity index is 1.79. The fourth-order valence-electron chi connectivity index (χ4n) is 4.10. The topological polar surface area (TPSA) is 95.1 Å². The predicted molar refractivity (Wildman–Crippen MR) is 86.4 cm³/mol. The second-order valence-corrected chi connectivity index (χ2v) is 8.92. The highest BCUT2D eigenvalue weighted by molar-refractivity contribution is 7.89. The maximum atomic E-state index is 12.9. The summed E-state index contributed by atoms with van der Waals surface area (Å²) in [7, 11) is -3.84. The van der Waals surface area contributed by atoms with E-state index >= 15 is 0 Å². The Morgan fingerprint density at radius 3 is 2.50 bits per heavy atom. The van der Waals surface area contributed by atoms with Crippen LogP contribution in [-0.4, -0.2) is 22.5 Å². The molecule has 0 radical (unpaired) electrons. The van der Waals surface area contributed by atoms with Crippen LogP contribution in [0.5, 0.6) is 0 Å². The summed E-state index contributed by atoms with van der Waals surface area (Å²) in [6.45, 7) is 6.25. The van der Waals surface area contributed by atoms with Crippen LogP contribution >= 0.6 is 0 Å². The van der Waals surface area contributed by atoms with Gasteiger partial charge in [-0.15, -0.1) is 0 Å². The van der Waals surface area contributed by atoms with Gasteiger partial charge in [0.2, 0.25) is 0 Å². The van der Waals surface area contributed by atoms with E-state index in [9.17, 15) is 18.5 Å². The minimum atomic E-state index is -3.84. The Hall–Kier alpha value is -2.22. The van der Waals surface area contributed by atoms with E-state index < -0.39 is 14.9 Å². The lowest BCUT2D eigenvalue weighted by atomic mass is 9.98. The molecule has 1 fully saturated rings. The molecule has 0 bridgehead atoms. The molecule has 24 heavy (non-hydrogen) atoms. The number of aromatic nitrogens is 2. The second kappa shape index (κ2) is 4.44. The van der Waals surface area contributed by atoms with Crippen molar-refractivity contribution in [2.45, 2.75) is 38.0 Å². The molecule has 0 unspecified atom stereocenters. The van der Waals surface area contributed by atoms with Crippen LogP contribution in [0.4, 0.5) is 5.69 Å². The van der Waals surface area contributed by atoms with Crippen molar-refractivity contribution < 1.29 is 13.3 Å². The third-order valence-corrected chi connectivity index (χ3v) is 7.15. The van der Waals surface area contributed by atoms with Crippen molar-refractivity contribution in [3.05, 3.63) is 51.3 Å². The van der Waals surface area contributed by atoms with Crippen molar-refractivity contribution in [3.63, 3.8) is 0 Å².